The number of nitrogens with one attached hydrogen (secondary N) is 1. The molecule has 1 aromatic carbocycles. The van der Waals surface area contributed by atoms with Gasteiger partial charge in [0.25, 0.3) is 5.91 Å². The fourth-order valence-electron chi connectivity index (χ4n) is 4.23. The average Bonchev–Trinajstić information content (AvgIpc) is 3.56. The Kier molecular flexibility index (Phi) is 9.52. The number of hydrazone groups is 1. The fraction of sp³-hybridized carbons (Fsp3) is 0.542. The molecular formula is C24H33N5O6S3. The first-order chi connectivity index (χ1) is 18.1. The number of carbonyl (C=O) groups excluding carboxylic acids is 1. The van der Waals surface area contributed by atoms with Gasteiger partial charge in [0.1, 0.15) is 0 Å². The molecule has 0 spiro atoms. The number of carbonyl (C=O) groups is 1. The molecule has 2 fully saturated rings. The van der Waals surface area contributed by atoms with Crippen LogP contribution < -0.4 is 5.32 Å². The lowest BCUT2D eigenvalue weighted by molar-refractivity contribution is -0.110. The molecule has 14 heteroatoms. The van der Waals surface area contributed by atoms with Gasteiger partial charge < -0.3 is 4.74 Å². The number of hydrogen-bond acceptors (Lipinski definition) is 11. The summed E-state index contributed by atoms with van der Waals surface area (Å²) < 4.78 is 53.5. The normalized spacial score (nSPS) is 18.6. The molecule has 0 aliphatic carbocycles. The Morgan fingerprint density at radius 1 is 1.13 bits per heavy atom. The summed E-state index contributed by atoms with van der Waals surface area (Å²) in [6, 6.07) is 6.22. The zero-order valence-electron chi connectivity index (χ0n) is 21.3. The highest BCUT2D eigenvalue weighted by atomic mass is 32.2. The van der Waals surface area contributed by atoms with Gasteiger partial charge in [0.05, 0.1) is 22.2 Å². The van der Waals surface area contributed by atoms with Crippen molar-refractivity contribution in [2.75, 3.05) is 62.5 Å². The highest BCUT2D eigenvalue weighted by Crippen LogP contribution is 2.22. The Balaban J connectivity index is 1.46. The number of rotatable bonds is 11. The molecule has 1 N–H and O–H groups in total. The van der Waals surface area contributed by atoms with Gasteiger partial charge in [-0.1, -0.05) is 12.1 Å². The van der Waals surface area contributed by atoms with Gasteiger partial charge in [0.15, 0.2) is 30.5 Å². The molecule has 208 valence electrons. The maximum Gasteiger partial charge on any atom is 0.278 e. The van der Waals surface area contributed by atoms with E-state index in [4.69, 9.17) is 4.74 Å². The van der Waals surface area contributed by atoms with Crippen LogP contribution >= 0.6 is 11.3 Å². The predicted molar refractivity (Wildman–Crippen MR) is 147 cm³/mol. The maximum atomic E-state index is 13.3. The Morgan fingerprint density at radius 3 is 2.47 bits per heavy atom. The first-order valence-corrected chi connectivity index (χ1v) is 16.8. The molecule has 1 aromatic heterocycles. The average molecular weight is 584 g/mol. The molecule has 0 bridgehead atoms. The first kappa shape index (κ1) is 28.6. The maximum absolute atomic E-state index is 13.3. The third kappa shape index (κ3) is 7.82. The number of benzene rings is 1. The van der Waals surface area contributed by atoms with Gasteiger partial charge >= 0.3 is 0 Å². The number of nitrogens with zero attached hydrogens (tertiary/aromatic N) is 4. The molecule has 0 radical (unpaired) electrons. The van der Waals surface area contributed by atoms with Gasteiger partial charge in [-0.2, -0.15) is 5.10 Å². The molecule has 2 aliphatic rings. The SMILES string of the molecule is COCCCS(=O)(=O)c1ccc(C(=NN2CCCC2)C(=O)Nc2ncc(CN3CCS(=O)(=O)CC3)s2)cc1. The zero-order valence-corrected chi connectivity index (χ0v) is 23.8. The zero-order chi connectivity index (χ0) is 27.2. The van der Waals surface area contributed by atoms with E-state index >= 15 is 0 Å². The number of hydrogen-bond donors (Lipinski definition) is 1. The molecule has 38 heavy (non-hydrogen) atoms. The van der Waals surface area contributed by atoms with Crippen molar-refractivity contribution in [3.05, 3.63) is 40.9 Å². The summed E-state index contributed by atoms with van der Waals surface area (Å²) in [7, 11) is -4.88. The summed E-state index contributed by atoms with van der Waals surface area (Å²) >= 11 is 1.33. The second-order valence-corrected chi connectivity index (χ2v) is 14.8. The Hall–Kier alpha value is -2.39. The minimum absolute atomic E-state index is 0.0188. The number of aromatic nitrogens is 1. The Labute approximate surface area is 227 Å². The second-order valence-electron chi connectivity index (χ2n) is 9.31. The quantitative estimate of drug-likeness (QED) is 0.309. The topological polar surface area (TPSA) is 138 Å². The van der Waals surface area contributed by atoms with Crippen LogP contribution in [0.5, 0.6) is 0 Å². The van der Waals surface area contributed by atoms with Gasteiger partial charge in [-0.05, 0) is 31.4 Å². The molecule has 2 aromatic rings. The largest absolute Gasteiger partial charge is 0.385 e. The lowest BCUT2D eigenvalue weighted by atomic mass is 10.1. The van der Waals surface area contributed by atoms with Gasteiger partial charge in [0, 0.05) is 63.1 Å². The van der Waals surface area contributed by atoms with Gasteiger partial charge in [0.2, 0.25) is 0 Å². The molecule has 2 aliphatic heterocycles. The van der Waals surface area contributed by atoms with Crippen molar-refractivity contribution < 1.29 is 26.4 Å². The summed E-state index contributed by atoms with van der Waals surface area (Å²) in [5.41, 5.74) is 0.699. The molecule has 1 amide bonds. The number of sulfone groups is 2. The van der Waals surface area contributed by atoms with Crippen molar-refractivity contribution in [1.82, 2.24) is 14.9 Å². The summed E-state index contributed by atoms with van der Waals surface area (Å²) in [5, 5.41) is 9.69. The van der Waals surface area contributed by atoms with E-state index in [1.165, 1.54) is 30.6 Å². The number of ether oxygens (including phenoxy) is 1. The fourth-order valence-corrected chi connectivity index (χ4v) is 7.64. The van der Waals surface area contributed by atoms with E-state index in [0.717, 1.165) is 30.8 Å². The Morgan fingerprint density at radius 2 is 1.82 bits per heavy atom. The first-order valence-electron chi connectivity index (χ1n) is 12.5. The van der Waals surface area contributed by atoms with E-state index < -0.39 is 25.6 Å². The van der Waals surface area contributed by atoms with Crippen molar-refractivity contribution in [3.8, 4) is 0 Å². The molecule has 0 atom stereocenters. The molecule has 4 rings (SSSR count). The third-order valence-corrected chi connectivity index (χ3v) is 10.7. The molecular weight excluding hydrogens is 550 g/mol. The summed E-state index contributed by atoms with van der Waals surface area (Å²) in [4.78, 5) is 20.8. The number of amides is 1. The second kappa shape index (κ2) is 12.6. The third-order valence-electron chi connectivity index (χ3n) is 6.38. The number of methoxy groups -OCH3 is 1. The smallest absolute Gasteiger partial charge is 0.278 e. The highest BCUT2D eigenvalue weighted by molar-refractivity contribution is 7.91. The van der Waals surface area contributed by atoms with Crippen LogP contribution in [0.3, 0.4) is 0 Å². The van der Waals surface area contributed by atoms with Crippen LogP contribution in [0.15, 0.2) is 40.5 Å². The summed E-state index contributed by atoms with van der Waals surface area (Å²) in [6.07, 6.45) is 4.07. The van der Waals surface area contributed by atoms with Crippen LogP contribution in [0.1, 0.15) is 29.7 Å². The van der Waals surface area contributed by atoms with E-state index in [-0.39, 0.29) is 27.9 Å². The minimum Gasteiger partial charge on any atom is -0.385 e. The van der Waals surface area contributed by atoms with Crippen LogP contribution in [0.2, 0.25) is 0 Å². The standard InChI is InChI=1S/C24H33N5O6S3/c1-35-13-4-14-38(33,34)21-7-5-19(6-8-21)22(27-29-9-2-3-10-29)23(30)26-24-25-17-20(36-24)18-28-11-15-37(31,32)16-12-28/h5-8,17H,2-4,9-16,18H2,1H3,(H,25,26,30). The van der Waals surface area contributed by atoms with Crippen LogP contribution in [0.4, 0.5) is 5.13 Å². The molecule has 2 saturated heterocycles. The van der Waals surface area contributed by atoms with Crippen molar-refractivity contribution in [1.29, 1.82) is 0 Å². The van der Waals surface area contributed by atoms with E-state index in [2.05, 4.69) is 20.3 Å². The monoisotopic (exact) mass is 583 g/mol. The molecule has 0 unspecified atom stereocenters. The summed E-state index contributed by atoms with van der Waals surface area (Å²) in [5.74, 6) is -0.148. The van der Waals surface area contributed by atoms with E-state index in [1.807, 2.05) is 5.01 Å². The van der Waals surface area contributed by atoms with Crippen LogP contribution in [0, 0.1) is 0 Å². The van der Waals surface area contributed by atoms with Crippen molar-refractivity contribution >= 4 is 47.8 Å². The molecule has 11 nitrogen and oxygen atoms in total. The van der Waals surface area contributed by atoms with Gasteiger partial charge in [-0.3, -0.25) is 20.0 Å². The van der Waals surface area contributed by atoms with Crippen LogP contribution in [-0.4, -0.2) is 101 Å². The van der Waals surface area contributed by atoms with Crippen molar-refractivity contribution in [2.24, 2.45) is 5.10 Å². The molecule has 3 heterocycles. The van der Waals surface area contributed by atoms with E-state index in [9.17, 15) is 21.6 Å². The Bertz CT molecular complexity index is 1340. The van der Waals surface area contributed by atoms with Gasteiger partial charge in [-0.15, -0.1) is 11.3 Å². The van der Waals surface area contributed by atoms with Crippen LogP contribution in [-0.2, 0) is 35.8 Å². The number of thiazole rings is 1. The van der Waals surface area contributed by atoms with Crippen LogP contribution in [0.25, 0.3) is 0 Å². The van der Waals surface area contributed by atoms with E-state index in [0.29, 0.717) is 43.4 Å². The van der Waals surface area contributed by atoms with Gasteiger partial charge in [-0.25, -0.2) is 21.8 Å². The number of anilines is 1. The summed E-state index contributed by atoms with van der Waals surface area (Å²) in [6.45, 7) is 3.38. The lowest BCUT2D eigenvalue weighted by Gasteiger charge is -2.25. The highest BCUT2D eigenvalue weighted by Gasteiger charge is 2.24. The predicted octanol–water partition coefficient (Wildman–Crippen LogP) is 1.62. The lowest BCUT2D eigenvalue weighted by Crippen LogP contribution is -2.39. The van der Waals surface area contributed by atoms with Crippen molar-refractivity contribution in [3.63, 3.8) is 0 Å². The van der Waals surface area contributed by atoms with E-state index in [1.54, 1.807) is 18.3 Å². The van der Waals surface area contributed by atoms with Crippen molar-refractivity contribution in [2.45, 2.75) is 30.7 Å². The minimum atomic E-state index is -3.46. The molecule has 0 saturated carbocycles.